The molecule has 2 N–H and O–H groups in total. The molecule has 0 saturated carbocycles. The van der Waals surface area contributed by atoms with Gasteiger partial charge in [-0.2, -0.15) is 10.1 Å². The van der Waals surface area contributed by atoms with E-state index in [1.807, 2.05) is 0 Å². The number of amides is 4. The number of hydrogen-bond donors (Lipinski definition) is 2. The highest BCUT2D eigenvalue weighted by Crippen LogP contribution is 2.33. The fourth-order valence-electron chi connectivity index (χ4n) is 6.41. The Hall–Kier alpha value is -5.13. The van der Waals surface area contributed by atoms with Gasteiger partial charge in [0.05, 0.1) is 78.1 Å². The first-order chi connectivity index (χ1) is 26.9. The number of thiocarbonyl (C=S) groups is 2. The zero-order chi connectivity index (χ0) is 40.1. The maximum Gasteiger partial charge on any atom is 0.414 e. The van der Waals surface area contributed by atoms with Crippen LogP contribution in [0.5, 0.6) is 0 Å². The summed E-state index contributed by atoms with van der Waals surface area (Å²) in [5.74, 6) is -3.77. The molecule has 4 saturated heterocycles. The predicted octanol–water partition coefficient (Wildman–Crippen LogP) is 3.50. The molecular formula is C34H42F4N8O9S2. The Morgan fingerprint density at radius 1 is 0.684 bits per heavy atom. The lowest BCUT2D eigenvalue weighted by Crippen LogP contribution is -2.45. The molecule has 4 amide bonds. The number of hydrogen-bond acceptors (Lipinski definition) is 13. The van der Waals surface area contributed by atoms with Crippen molar-refractivity contribution in [2.75, 3.05) is 112 Å². The third-order valence-corrected chi connectivity index (χ3v) is 9.74. The minimum Gasteiger partial charge on any atom is -0.474 e. The van der Waals surface area contributed by atoms with E-state index in [1.54, 1.807) is 0 Å². The average molecular weight is 847 g/mol. The molecule has 17 nitrogen and oxygen atoms in total. The van der Waals surface area contributed by atoms with Gasteiger partial charge in [-0.05, 0) is 24.4 Å². The largest absolute Gasteiger partial charge is 0.474 e. The van der Waals surface area contributed by atoms with Crippen molar-refractivity contribution < 1.29 is 60.6 Å². The zero-order valence-electron chi connectivity index (χ0n) is 30.1. The fourth-order valence-corrected chi connectivity index (χ4v) is 6.57. The molecule has 2 atom stereocenters. The second-order valence-electron chi connectivity index (χ2n) is 12.6. The Balaban J connectivity index is 0.00000620. The molecule has 6 rings (SSSR count). The third-order valence-electron chi connectivity index (χ3n) is 9.12. The summed E-state index contributed by atoms with van der Waals surface area (Å²) in [4.78, 5) is 54.6. The molecule has 4 heterocycles. The number of halogens is 4. The number of anilines is 4. The number of nitrogens with zero attached hydrogens (tertiary/aromatic N) is 6. The van der Waals surface area contributed by atoms with E-state index in [-0.39, 0.29) is 119 Å². The molecule has 0 unspecified atom stereocenters. The van der Waals surface area contributed by atoms with Crippen LogP contribution in [0.3, 0.4) is 0 Å². The number of urea groups is 1. The third kappa shape index (κ3) is 9.88. The lowest BCUT2D eigenvalue weighted by molar-refractivity contribution is -0.169. The summed E-state index contributed by atoms with van der Waals surface area (Å²) in [5, 5.41) is 7.70. The van der Waals surface area contributed by atoms with Gasteiger partial charge in [0.1, 0.15) is 23.6 Å². The number of methoxy groups -OCH3 is 2. The van der Waals surface area contributed by atoms with Crippen LogP contribution in [0.25, 0.3) is 0 Å². The maximum atomic E-state index is 15.5. The molecule has 312 valence electrons. The summed E-state index contributed by atoms with van der Waals surface area (Å²) in [6.45, 7) is -0.274. The minimum absolute atomic E-state index is 0. The van der Waals surface area contributed by atoms with Crippen LogP contribution in [0, 0.1) is 23.3 Å². The molecule has 0 aliphatic carbocycles. The van der Waals surface area contributed by atoms with E-state index < -0.39 is 53.7 Å². The minimum atomic E-state index is -0.942. The second kappa shape index (κ2) is 18.9. The highest BCUT2D eigenvalue weighted by molar-refractivity contribution is 7.80. The van der Waals surface area contributed by atoms with Crippen LogP contribution >= 0.6 is 24.4 Å². The van der Waals surface area contributed by atoms with E-state index in [0.29, 0.717) is 0 Å². The summed E-state index contributed by atoms with van der Waals surface area (Å²) in [5.41, 5.74) is -0.826. The summed E-state index contributed by atoms with van der Waals surface area (Å²) in [6, 6.07) is 3.36. The van der Waals surface area contributed by atoms with Crippen molar-refractivity contribution >= 4 is 75.8 Å². The van der Waals surface area contributed by atoms with Crippen molar-refractivity contribution in [2.24, 2.45) is 0 Å². The van der Waals surface area contributed by atoms with Gasteiger partial charge in [-0.15, -0.1) is 0 Å². The first-order valence-corrected chi connectivity index (χ1v) is 18.1. The van der Waals surface area contributed by atoms with E-state index in [2.05, 4.69) is 10.6 Å². The van der Waals surface area contributed by atoms with Gasteiger partial charge in [0.25, 0.3) is 10.3 Å². The van der Waals surface area contributed by atoms with Crippen LogP contribution in [0.4, 0.5) is 54.7 Å². The summed E-state index contributed by atoms with van der Waals surface area (Å²) >= 11 is 9.83. The number of hydroxylamine groups is 4. The van der Waals surface area contributed by atoms with E-state index in [4.69, 9.17) is 53.1 Å². The van der Waals surface area contributed by atoms with Crippen LogP contribution < -0.4 is 30.2 Å². The van der Waals surface area contributed by atoms with Gasteiger partial charge in [-0.3, -0.25) is 19.5 Å². The Kier molecular flexibility index (Phi) is 14.2. The monoisotopic (exact) mass is 846 g/mol. The molecular weight excluding hydrogens is 805 g/mol. The normalized spacial score (nSPS) is 20.0. The van der Waals surface area contributed by atoms with Crippen molar-refractivity contribution in [3.63, 3.8) is 0 Å². The Bertz CT molecular complexity index is 1680. The van der Waals surface area contributed by atoms with Crippen LogP contribution in [0.2, 0.25) is 0 Å². The summed E-state index contributed by atoms with van der Waals surface area (Å²) in [6.07, 6.45) is -2.86. The molecule has 0 radical (unpaired) electrons. The van der Waals surface area contributed by atoms with Crippen molar-refractivity contribution in [2.45, 2.75) is 19.6 Å². The number of benzene rings is 2. The SMILES string of the molecule is C.COC(=S)NC[C@H]1CN(c2cc(F)c(N3CCON(C(=O)N4CCN(c5c(F)cc(N6C[C@H](CNC(=S)OC)OC6=O)cc5F)CCO4)CC3)c(F)c2)C(=O)O1. The van der Waals surface area contributed by atoms with Crippen LogP contribution in [0.1, 0.15) is 7.43 Å². The molecule has 0 aromatic heterocycles. The topological polar surface area (TPSA) is 150 Å². The predicted molar refractivity (Wildman–Crippen MR) is 205 cm³/mol. The van der Waals surface area contributed by atoms with E-state index in [1.165, 1.54) is 24.0 Å². The van der Waals surface area contributed by atoms with Crippen LogP contribution in [-0.4, -0.2) is 144 Å². The first kappa shape index (κ1) is 43.0. The van der Waals surface area contributed by atoms with Gasteiger partial charge in [0, 0.05) is 50.4 Å². The number of rotatable bonds is 8. The van der Waals surface area contributed by atoms with Gasteiger partial charge >= 0.3 is 18.2 Å². The van der Waals surface area contributed by atoms with E-state index >= 15 is 17.6 Å². The number of carbonyl (C=O) groups is 3. The molecule has 4 fully saturated rings. The quantitative estimate of drug-likeness (QED) is 0.295. The highest BCUT2D eigenvalue weighted by Gasteiger charge is 2.36. The average Bonchev–Trinajstić information content (AvgIpc) is 3.50. The molecule has 23 heteroatoms. The highest BCUT2D eigenvalue weighted by atomic mass is 32.1. The Labute approximate surface area is 336 Å². The standard InChI is InChI=1S/C33H38F4N8O9S2.CH4/c1-49-29(55)38-15-21-17-42(32(47)53-21)19-11-23(34)27(24(35)12-19)40-3-5-44(51-9-7-40)31(46)45-6-4-41(8-10-52-45)28-25(36)13-20(14-26(28)37)43-18-22(54-33(43)48)16-39-30(56)50-2;/h11-14,21-22H,3-10,15-18H2,1-2H3,(H,38,55)(H,39,56);1H4/t21-,22-;/m0./s1. The fraction of sp³-hybridized carbons (Fsp3) is 0.500. The van der Waals surface area contributed by atoms with Crippen molar-refractivity contribution in [3.8, 4) is 0 Å². The molecule has 4 aliphatic rings. The van der Waals surface area contributed by atoms with Gasteiger partial charge in [0.2, 0.25) is 0 Å². The second-order valence-corrected chi connectivity index (χ2v) is 13.4. The van der Waals surface area contributed by atoms with E-state index in [0.717, 1.165) is 44.2 Å². The van der Waals surface area contributed by atoms with Crippen molar-refractivity contribution in [1.82, 2.24) is 20.8 Å². The molecule has 4 aliphatic heterocycles. The first-order valence-electron chi connectivity index (χ1n) is 17.3. The number of ether oxygens (including phenoxy) is 4. The summed E-state index contributed by atoms with van der Waals surface area (Å²) in [7, 11) is 2.76. The molecule has 0 bridgehead atoms. The molecule has 0 spiro atoms. The Morgan fingerprint density at radius 2 is 1.05 bits per heavy atom. The lowest BCUT2D eigenvalue weighted by atomic mass is 10.2. The smallest absolute Gasteiger partial charge is 0.414 e. The number of nitrogens with one attached hydrogen (secondary N) is 2. The lowest BCUT2D eigenvalue weighted by Gasteiger charge is -2.27. The van der Waals surface area contributed by atoms with Gasteiger partial charge in [0.15, 0.2) is 23.3 Å². The van der Waals surface area contributed by atoms with Gasteiger partial charge in [-0.25, -0.2) is 31.9 Å². The zero-order valence-corrected chi connectivity index (χ0v) is 31.8. The number of cyclic esters (lactones) is 2. The number of carbonyl (C=O) groups excluding carboxylic acids is 3. The van der Waals surface area contributed by atoms with Crippen LogP contribution in [-0.2, 0) is 28.6 Å². The van der Waals surface area contributed by atoms with Crippen molar-refractivity contribution in [3.05, 3.63) is 47.5 Å². The van der Waals surface area contributed by atoms with Crippen molar-refractivity contribution in [1.29, 1.82) is 0 Å². The molecule has 2 aromatic carbocycles. The van der Waals surface area contributed by atoms with Crippen LogP contribution in [0.15, 0.2) is 24.3 Å². The molecule has 57 heavy (non-hydrogen) atoms. The van der Waals surface area contributed by atoms with E-state index in [9.17, 15) is 14.4 Å². The van der Waals surface area contributed by atoms with Gasteiger partial charge in [-0.1, -0.05) is 7.43 Å². The summed E-state index contributed by atoms with van der Waals surface area (Å²) < 4.78 is 82.2. The van der Waals surface area contributed by atoms with Gasteiger partial charge < -0.3 is 39.4 Å². The molecule has 2 aromatic rings. The maximum absolute atomic E-state index is 15.5. The Morgan fingerprint density at radius 3 is 1.40 bits per heavy atom.